The second kappa shape index (κ2) is 6.17. The highest BCUT2D eigenvalue weighted by Gasteiger charge is 2.23. The highest BCUT2D eigenvalue weighted by Crippen LogP contribution is 2.42. The topological polar surface area (TPSA) is 64.7 Å². The molecule has 0 aliphatic heterocycles. The van der Waals surface area contributed by atoms with Crippen LogP contribution in [0.3, 0.4) is 0 Å². The fraction of sp³-hybridized carbons (Fsp3) is 0.263. The van der Waals surface area contributed by atoms with E-state index in [9.17, 15) is 0 Å². The zero-order valence-corrected chi connectivity index (χ0v) is 16.1. The summed E-state index contributed by atoms with van der Waals surface area (Å²) in [7, 11) is 0. The Balaban J connectivity index is 1.55. The maximum absolute atomic E-state index is 5.92. The van der Waals surface area contributed by atoms with Crippen LogP contribution in [-0.2, 0) is 12.8 Å². The summed E-state index contributed by atoms with van der Waals surface area (Å²) < 4.78 is 5.92. The van der Waals surface area contributed by atoms with E-state index in [0.29, 0.717) is 11.1 Å². The van der Waals surface area contributed by atoms with E-state index in [1.54, 1.807) is 11.3 Å². The summed E-state index contributed by atoms with van der Waals surface area (Å²) in [4.78, 5) is 11.8. The lowest BCUT2D eigenvalue weighted by molar-refractivity contribution is 0.465. The fourth-order valence-corrected chi connectivity index (χ4v) is 5.63. The van der Waals surface area contributed by atoms with E-state index in [0.717, 1.165) is 39.6 Å². The van der Waals surface area contributed by atoms with Gasteiger partial charge in [0.2, 0.25) is 5.89 Å². The summed E-state index contributed by atoms with van der Waals surface area (Å²) in [6.45, 7) is 3.97. The quantitative estimate of drug-likeness (QED) is 0.466. The molecular weight excluding hydrogens is 364 g/mol. The van der Waals surface area contributed by atoms with E-state index in [4.69, 9.17) is 4.42 Å². The predicted octanol–water partition coefficient (Wildman–Crippen LogP) is 5.00. The average molecular weight is 380 g/mol. The van der Waals surface area contributed by atoms with Crippen LogP contribution in [0.25, 0.3) is 21.7 Å². The molecular formula is C19H16N4OS2. The lowest BCUT2D eigenvalue weighted by Gasteiger charge is -2.03. The van der Waals surface area contributed by atoms with Crippen molar-refractivity contribution in [3.05, 3.63) is 46.1 Å². The Morgan fingerprint density at radius 2 is 1.96 bits per heavy atom. The van der Waals surface area contributed by atoms with Gasteiger partial charge in [0.1, 0.15) is 15.7 Å². The third kappa shape index (κ3) is 2.62. The van der Waals surface area contributed by atoms with Crippen LogP contribution in [0.15, 0.2) is 38.9 Å². The van der Waals surface area contributed by atoms with E-state index < -0.39 is 0 Å². The normalized spacial score (nSPS) is 13.5. The van der Waals surface area contributed by atoms with Gasteiger partial charge in [0, 0.05) is 15.8 Å². The number of aromatic nitrogens is 4. The van der Waals surface area contributed by atoms with E-state index in [-0.39, 0.29) is 0 Å². The minimum absolute atomic E-state index is 0.514. The van der Waals surface area contributed by atoms with Gasteiger partial charge in [0.25, 0.3) is 5.22 Å². The van der Waals surface area contributed by atoms with Crippen LogP contribution < -0.4 is 0 Å². The van der Waals surface area contributed by atoms with Crippen molar-refractivity contribution in [3.63, 3.8) is 0 Å². The van der Waals surface area contributed by atoms with Gasteiger partial charge in [-0.3, -0.25) is 0 Å². The van der Waals surface area contributed by atoms with Gasteiger partial charge in [-0.1, -0.05) is 18.2 Å². The summed E-state index contributed by atoms with van der Waals surface area (Å²) in [5.74, 6) is 1.32. The second-order valence-electron chi connectivity index (χ2n) is 6.40. The highest BCUT2D eigenvalue weighted by molar-refractivity contribution is 7.99. The van der Waals surface area contributed by atoms with Crippen LogP contribution in [0.4, 0.5) is 0 Å². The zero-order chi connectivity index (χ0) is 17.7. The Kier molecular flexibility index (Phi) is 3.79. The van der Waals surface area contributed by atoms with E-state index >= 15 is 0 Å². The monoisotopic (exact) mass is 380 g/mol. The number of aryl methyl sites for hydroxylation is 4. The Labute approximate surface area is 158 Å². The molecule has 5 nitrogen and oxygen atoms in total. The molecule has 0 unspecified atom stereocenters. The van der Waals surface area contributed by atoms with Crippen LogP contribution in [0.5, 0.6) is 0 Å². The van der Waals surface area contributed by atoms with Crippen molar-refractivity contribution in [1.29, 1.82) is 0 Å². The molecule has 4 aromatic rings. The number of hydrogen-bond donors (Lipinski definition) is 0. The molecule has 1 aromatic carbocycles. The predicted molar refractivity (Wildman–Crippen MR) is 103 cm³/mol. The second-order valence-corrected chi connectivity index (χ2v) is 8.43. The highest BCUT2D eigenvalue weighted by atomic mass is 32.2. The van der Waals surface area contributed by atoms with E-state index in [2.05, 4.69) is 20.2 Å². The molecule has 0 radical (unpaired) electrons. The van der Waals surface area contributed by atoms with Crippen LogP contribution in [0, 0.1) is 13.8 Å². The van der Waals surface area contributed by atoms with Gasteiger partial charge < -0.3 is 4.42 Å². The van der Waals surface area contributed by atoms with Crippen molar-refractivity contribution >= 4 is 33.3 Å². The lowest BCUT2D eigenvalue weighted by atomic mass is 10.1. The zero-order valence-electron chi connectivity index (χ0n) is 14.4. The maximum Gasteiger partial charge on any atom is 0.283 e. The Morgan fingerprint density at radius 1 is 1.08 bits per heavy atom. The Morgan fingerprint density at radius 3 is 2.85 bits per heavy atom. The Hall–Kier alpha value is -2.25. The summed E-state index contributed by atoms with van der Waals surface area (Å²) in [5, 5.41) is 11.1. The van der Waals surface area contributed by atoms with Crippen LogP contribution in [-0.4, -0.2) is 20.2 Å². The number of rotatable bonds is 3. The summed E-state index contributed by atoms with van der Waals surface area (Å²) in [6, 6.07) is 8.02. The van der Waals surface area contributed by atoms with Gasteiger partial charge in [-0.25, -0.2) is 9.97 Å². The van der Waals surface area contributed by atoms with Crippen LogP contribution in [0.1, 0.15) is 28.2 Å². The number of hydrogen-bond acceptors (Lipinski definition) is 7. The third-order valence-corrected chi connectivity index (χ3v) is 6.62. The molecule has 0 fully saturated rings. The standard InChI is InChI=1S/C19H16N4OS2/c1-10-6-3-4-7-12(10)16-22-23-19(24-16)26-18-15-13-8-5-9-14(13)25-17(15)20-11(2)21-18/h3-4,6-7H,5,8-9H2,1-2H3. The molecule has 0 spiro atoms. The lowest BCUT2D eigenvalue weighted by Crippen LogP contribution is -1.92. The van der Waals surface area contributed by atoms with Gasteiger partial charge in [-0.15, -0.1) is 21.5 Å². The average Bonchev–Trinajstić information content (AvgIpc) is 3.30. The third-order valence-electron chi connectivity index (χ3n) is 4.61. The first-order valence-corrected chi connectivity index (χ1v) is 10.2. The van der Waals surface area contributed by atoms with Crippen LogP contribution >= 0.6 is 23.1 Å². The largest absolute Gasteiger partial charge is 0.411 e. The molecule has 130 valence electrons. The van der Waals surface area contributed by atoms with E-state index in [1.165, 1.54) is 34.0 Å². The molecule has 0 saturated heterocycles. The van der Waals surface area contributed by atoms with Gasteiger partial charge in [-0.05, 0) is 62.1 Å². The SMILES string of the molecule is Cc1nc(Sc2nnc(-c3ccccc3C)o2)c2c3c(sc2n1)CCC3. The minimum atomic E-state index is 0.514. The van der Waals surface area contributed by atoms with Crippen molar-refractivity contribution in [3.8, 4) is 11.5 Å². The molecule has 3 heterocycles. The van der Waals surface area contributed by atoms with Gasteiger partial charge >= 0.3 is 0 Å². The summed E-state index contributed by atoms with van der Waals surface area (Å²) in [5.41, 5.74) is 3.49. The molecule has 0 amide bonds. The first-order valence-electron chi connectivity index (χ1n) is 8.55. The van der Waals surface area contributed by atoms with Crippen molar-refractivity contribution in [2.45, 2.75) is 43.4 Å². The van der Waals surface area contributed by atoms with Gasteiger partial charge in [-0.2, -0.15) is 0 Å². The van der Waals surface area contributed by atoms with Crippen molar-refractivity contribution in [2.75, 3.05) is 0 Å². The smallest absolute Gasteiger partial charge is 0.283 e. The molecule has 7 heteroatoms. The molecule has 3 aromatic heterocycles. The summed E-state index contributed by atoms with van der Waals surface area (Å²) >= 11 is 3.24. The Bertz CT molecular complexity index is 1130. The first-order chi connectivity index (χ1) is 12.7. The van der Waals surface area contributed by atoms with E-state index in [1.807, 2.05) is 38.1 Å². The number of thiophene rings is 1. The van der Waals surface area contributed by atoms with Gasteiger partial charge in [0.05, 0.1) is 0 Å². The number of nitrogens with zero attached hydrogens (tertiary/aromatic N) is 4. The molecule has 26 heavy (non-hydrogen) atoms. The molecule has 1 aliphatic rings. The molecule has 0 bridgehead atoms. The van der Waals surface area contributed by atoms with Crippen LogP contribution in [0.2, 0.25) is 0 Å². The number of benzene rings is 1. The molecule has 0 saturated carbocycles. The summed E-state index contributed by atoms with van der Waals surface area (Å²) in [6.07, 6.45) is 3.47. The maximum atomic E-state index is 5.92. The molecule has 0 atom stereocenters. The van der Waals surface area contributed by atoms with Crippen molar-refractivity contribution in [1.82, 2.24) is 20.2 Å². The van der Waals surface area contributed by atoms with Gasteiger partial charge in [0.15, 0.2) is 0 Å². The first kappa shape index (κ1) is 16.0. The van der Waals surface area contributed by atoms with Crippen molar-refractivity contribution in [2.24, 2.45) is 0 Å². The number of fused-ring (bicyclic) bond motifs is 3. The molecule has 5 rings (SSSR count). The fourth-order valence-electron chi connectivity index (χ4n) is 3.39. The molecule has 1 aliphatic carbocycles. The van der Waals surface area contributed by atoms with Crippen molar-refractivity contribution < 1.29 is 4.42 Å². The minimum Gasteiger partial charge on any atom is -0.411 e. The molecule has 0 N–H and O–H groups in total.